The van der Waals surface area contributed by atoms with Gasteiger partial charge in [-0.3, -0.25) is 9.59 Å². The monoisotopic (exact) mass is 402 g/mol. The lowest BCUT2D eigenvalue weighted by atomic mass is 10.0. The smallest absolute Gasteiger partial charge is 0.302 e. The van der Waals surface area contributed by atoms with E-state index in [0.717, 1.165) is 16.7 Å². The second-order valence-corrected chi connectivity index (χ2v) is 6.49. The quantitative estimate of drug-likeness (QED) is 0.365. The molecule has 0 fully saturated rings. The van der Waals surface area contributed by atoms with Gasteiger partial charge in [0.1, 0.15) is 12.4 Å². The van der Waals surface area contributed by atoms with Crippen molar-refractivity contribution >= 4 is 18.1 Å². The average molecular weight is 402 g/mol. The summed E-state index contributed by atoms with van der Waals surface area (Å²) in [6.07, 6.45) is 1.52. The van der Waals surface area contributed by atoms with Gasteiger partial charge in [0.05, 0.1) is 13.3 Å². The third-order valence-electron chi connectivity index (χ3n) is 4.37. The first-order chi connectivity index (χ1) is 14.6. The number of benzene rings is 3. The summed E-state index contributed by atoms with van der Waals surface area (Å²) in [4.78, 5) is 23.4. The van der Waals surface area contributed by atoms with Crippen LogP contribution in [0.25, 0.3) is 11.1 Å². The molecule has 6 nitrogen and oxygen atoms in total. The molecule has 0 heterocycles. The first-order valence-electron chi connectivity index (χ1n) is 9.36. The molecule has 0 atom stereocenters. The van der Waals surface area contributed by atoms with Crippen molar-refractivity contribution < 1.29 is 19.1 Å². The third kappa shape index (κ3) is 5.54. The Kier molecular flexibility index (Phi) is 6.95. The summed E-state index contributed by atoms with van der Waals surface area (Å²) < 4.78 is 10.3. The van der Waals surface area contributed by atoms with Crippen molar-refractivity contribution in [3.05, 3.63) is 89.5 Å². The van der Waals surface area contributed by atoms with Crippen LogP contribution in [0.4, 0.5) is 0 Å². The molecule has 1 N–H and O–H groups in total. The average Bonchev–Trinajstić information content (AvgIpc) is 2.78. The van der Waals surface area contributed by atoms with E-state index in [2.05, 4.69) is 10.5 Å². The molecule has 0 saturated carbocycles. The number of rotatable bonds is 7. The minimum Gasteiger partial charge on any atom is -0.496 e. The number of hydrogen-bond donors (Lipinski definition) is 1. The van der Waals surface area contributed by atoms with Gasteiger partial charge in [0.15, 0.2) is 0 Å². The Morgan fingerprint density at radius 3 is 2.33 bits per heavy atom. The van der Waals surface area contributed by atoms with Gasteiger partial charge < -0.3 is 9.47 Å². The van der Waals surface area contributed by atoms with Gasteiger partial charge >= 0.3 is 5.97 Å². The number of nitrogens with zero attached hydrogens (tertiary/aromatic N) is 1. The van der Waals surface area contributed by atoms with E-state index in [1.54, 1.807) is 37.4 Å². The molecule has 6 heteroatoms. The van der Waals surface area contributed by atoms with Crippen LogP contribution in [0.1, 0.15) is 28.4 Å². The van der Waals surface area contributed by atoms with E-state index in [1.807, 2.05) is 42.5 Å². The second-order valence-electron chi connectivity index (χ2n) is 6.49. The minimum atomic E-state index is -0.373. The summed E-state index contributed by atoms with van der Waals surface area (Å²) >= 11 is 0. The van der Waals surface area contributed by atoms with Crippen LogP contribution in [0.3, 0.4) is 0 Å². The summed E-state index contributed by atoms with van der Waals surface area (Å²) in [6.45, 7) is 1.44. The van der Waals surface area contributed by atoms with Crippen LogP contribution >= 0.6 is 0 Å². The van der Waals surface area contributed by atoms with Gasteiger partial charge in [-0.05, 0) is 47.0 Å². The summed E-state index contributed by atoms with van der Waals surface area (Å²) in [5.41, 5.74) is 6.60. The fraction of sp³-hybridized carbons (Fsp3) is 0.125. The van der Waals surface area contributed by atoms with E-state index in [0.29, 0.717) is 16.9 Å². The molecular formula is C24H22N2O4. The zero-order valence-electron chi connectivity index (χ0n) is 16.8. The summed E-state index contributed by atoms with van der Waals surface area (Å²) in [5.74, 6) is -0.0721. The van der Waals surface area contributed by atoms with Gasteiger partial charge in [0.2, 0.25) is 0 Å². The van der Waals surface area contributed by atoms with Crippen molar-refractivity contribution in [2.75, 3.05) is 7.11 Å². The van der Waals surface area contributed by atoms with Crippen LogP contribution in [0.2, 0.25) is 0 Å². The molecule has 0 aliphatic heterocycles. The van der Waals surface area contributed by atoms with E-state index in [4.69, 9.17) is 9.47 Å². The van der Waals surface area contributed by atoms with Crippen LogP contribution in [-0.4, -0.2) is 25.2 Å². The highest BCUT2D eigenvalue weighted by Crippen LogP contribution is 2.21. The van der Waals surface area contributed by atoms with Crippen molar-refractivity contribution in [1.29, 1.82) is 0 Å². The van der Waals surface area contributed by atoms with Crippen molar-refractivity contribution in [3.8, 4) is 16.9 Å². The second kappa shape index (κ2) is 10.0. The number of hydrazone groups is 1. The van der Waals surface area contributed by atoms with E-state index < -0.39 is 0 Å². The van der Waals surface area contributed by atoms with Gasteiger partial charge in [0, 0.05) is 18.1 Å². The Balaban J connectivity index is 1.64. The zero-order chi connectivity index (χ0) is 21.3. The van der Waals surface area contributed by atoms with E-state index in [-0.39, 0.29) is 18.5 Å². The number of ether oxygens (including phenoxy) is 2. The number of carbonyl (C=O) groups is 2. The highest BCUT2D eigenvalue weighted by molar-refractivity contribution is 5.95. The molecule has 30 heavy (non-hydrogen) atoms. The lowest BCUT2D eigenvalue weighted by Crippen LogP contribution is -2.17. The Morgan fingerprint density at radius 2 is 1.67 bits per heavy atom. The Hall–Kier alpha value is -3.93. The third-order valence-corrected chi connectivity index (χ3v) is 4.37. The maximum absolute atomic E-state index is 12.3. The highest BCUT2D eigenvalue weighted by Gasteiger charge is 2.07. The molecule has 0 unspecified atom stereocenters. The zero-order valence-corrected chi connectivity index (χ0v) is 16.8. The van der Waals surface area contributed by atoms with Crippen LogP contribution in [0, 0.1) is 0 Å². The normalized spacial score (nSPS) is 10.6. The lowest BCUT2D eigenvalue weighted by Gasteiger charge is -2.09. The maximum Gasteiger partial charge on any atom is 0.302 e. The van der Waals surface area contributed by atoms with E-state index in [9.17, 15) is 9.59 Å². The first-order valence-corrected chi connectivity index (χ1v) is 9.36. The standard InChI is InChI=1S/C24H22N2O4/c1-17(27)30-16-22-14-18(8-13-23(22)29-2)15-25-26-24(28)21-11-9-20(10-12-21)19-6-4-3-5-7-19/h3-15H,16H2,1-2H3,(H,26,28)/b25-15-. The van der Waals surface area contributed by atoms with Crippen LogP contribution in [0.5, 0.6) is 5.75 Å². The molecule has 0 aliphatic rings. The number of nitrogens with one attached hydrogen (secondary N) is 1. The maximum atomic E-state index is 12.3. The Morgan fingerprint density at radius 1 is 0.967 bits per heavy atom. The molecule has 0 spiro atoms. The fourth-order valence-corrected chi connectivity index (χ4v) is 2.85. The number of esters is 1. The predicted molar refractivity (Wildman–Crippen MR) is 115 cm³/mol. The van der Waals surface area contributed by atoms with Crippen molar-refractivity contribution in [2.24, 2.45) is 5.10 Å². The Labute approximate surface area is 175 Å². The van der Waals surface area contributed by atoms with Crippen molar-refractivity contribution in [1.82, 2.24) is 5.43 Å². The van der Waals surface area contributed by atoms with Crippen molar-refractivity contribution in [3.63, 3.8) is 0 Å². The van der Waals surface area contributed by atoms with Gasteiger partial charge in [-0.15, -0.1) is 0 Å². The van der Waals surface area contributed by atoms with Crippen LogP contribution < -0.4 is 10.2 Å². The molecule has 3 aromatic rings. The molecule has 0 bridgehead atoms. The van der Waals surface area contributed by atoms with Crippen molar-refractivity contribution in [2.45, 2.75) is 13.5 Å². The van der Waals surface area contributed by atoms with Gasteiger partial charge in [-0.25, -0.2) is 5.43 Å². The topological polar surface area (TPSA) is 77.0 Å². The molecule has 0 aromatic heterocycles. The first kappa shape index (κ1) is 20.8. The molecule has 0 radical (unpaired) electrons. The summed E-state index contributed by atoms with van der Waals surface area (Å²) in [7, 11) is 1.55. The highest BCUT2D eigenvalue weighted by atomic mass is 16.5. The number of hydrogen-bond acceptors (Lipinski definition) is 5. The molecular weight excluding hydrogens is 380 g/mol. The molecule has 0 saturated heterocycles. The predicted octanol–water partition coefficient (Wildman–Crippen LogP) is 4.19. The SMILES string of the molecule is COc1ccc(/C=N\NC(=O)c2ccc(-c3ccccc3)cc2)cc1COC(C)=O. The van der Waals surface area contributed by atoms with Gasteiger partial charge in [-0.1, -0.05) is 42.5 Å². The number of carbonyl (C=O) groups excluding carboxylic acids is 2. The van der Waals surface area contributed by atoms with Crippen LogP contribution in [-0.2, 0) is 16.1 Å². The summed E-state index contributed by atoms with van der Waals surface area (Å²) in [6, 6.07) is 22.6. The number of methoxy groups -OCH3 is 1. The fourth-order valence-electron chi connectivity index (χ4n) is 2.85. The van der Waals surface area contributed by atoms with Gasteiger partial charge in [0.25, 0.3) is 5.91 Å². The lowest BCUT2D eigenvalue weighted by molar-refractivity contribution is -0.142. The van der Waals surface area contributed by atoms with E-state index >= 15 is 0 Å². The molecule has 0 aliphatic carbocycles. The van der Waals surface area contributed by atoms with Crippen LogP contribution in [0.15, 0.2) is 77.9 Å². The summed E-state index contributed by atoms with van der Waals surface area (Å²) in [5, 5.41) is 4.02. The molecule has 3 aromatic carbocycles. The van der Waals surface area contributed by atoms with E-state index in [1.165, 1.54) is 13.1 Å². The molecule has 3 rings (SSSR count). The number of amides is 1. The molecule has 1 amide bonds. The largest absolute Gasteiger partial charge is 0.496 e. The minimum absolute atomic E-state index is 0.0975. The Bertz CT molecular complexity index is 1040. The molecule has 152 valence electrons. The van der Waals surface area contributed by atoms with Gasteiger partial charge in [-0.2, -0.15) is 5.10 Å².